The van der Waals surface area contributed by atoms with Crippen molar-refractivity contribution < 1.29 is 27.5 Å². The van der Waals surface area contributed by atoms with Crippen LogP contribution in [0.15, 0.2) is 29.0 Å². The molecule has 2 aromatic heterocycles. The topological polar surface area (TPSA) is 84.0 Å². The number of furan rings is 1. The van der Waals surface area contributed by atoms with Crippen LogP contribution in [-0.4, -0.2) is 88.3 Å². The maximum Gasteiger partial charge on any atom is 0.311 e. The lowest BCUT2D eigenvalue weighted by Crippen LogP contribution is -2.57. The number of esters is 1. The van der Waals surface area contributed by atoms with Crippen LogP contribution in [0.4, 0.5) is 8.78 Å². The van der Waals surface area contributed by atoms with Gasteiger partial charge in [-0.15, -0.1) is 0 Å². The smallest absolute Gasteiger partial charge is 0.311 e. The van der Waals surface area contributed by atoms with Crippen LogP contribution in [0.5, 0.6) is 0 Å². The monoisotopic (exact) mass is 465 g/mol. The molecule has 0 unspecified atom stereocenters. The van der Waals surface area contributed by atoms with Crippen LogP contribution in [-0.2, 0) is 23.1 Å². The molecule has 2 aromatic rings. The zero-order valence-electron chi connectivity index (χ0n) is 18.8. The van der Waals surface area contributed by atoms with Crippen molar-refractivity contribution in [1.29, 1.82) is 0 Å². The molecule has 0 bridgehead atoms. The van der Waals surface area contributed by atoms with Crippen LogP contribution in [0, 0.1) is 5.92 Å². The average molecular weight is 466 g/mol. The second kappa shape index (κ2) is 10.0. The van der Waals surface area contributed by atoms with Crippen molar-refractivity contribution in [2.24, 2.45) is 13.0 Å². The van der Waals surface area contributed by atoms with Crippen LogP contribution in [0.3, 0.4) is 0 Å². The number of piperazine rings is 1. The Bertz CT molecular complexity index is 964. The fourth-order valence-electron chi connectivity index (χ4n) is 4.68. The zero-order valence-corrected chi connectivity index (χ0v) is 18.8. The standard InChI is InChI=1S/C22H29F2N5O4/c1-3-32-22(31)15-9-27(13-17-5-4-8-33-17)11-16-12-29(7-6-28(16)10-15)21(30)18-14-26(2)25-19(18)20(23)24/h4-5,8,14-16,20H,3,6-7,9-13H2,1-2H3/t15-,16-/m0/s1. The number of nitrogens with zero attached hydrogens (tertiary/aromatic N) is 5. The molecule has 2 fully saturated rings. The number of aromatic nitrogens is 2. The van der Waals surface area contributed by atoms with Gasteiger partial charge in [0.2, 0.25) is 0 Å². The number of amides is 1. The molecule has 0 aliphatic carbocycles. The van der Waals surface area contributed by atoms with Gasteiger partial charge < -0.3 is 14.1 Å². The van der Waals surface area contributed by atoms with E-state index in [1.54, 1.807) is 18.1 Å². The van der Waals surface area contributed by atoms with Crippen molar-refractivity contribution in [3.63, 3.8) is 0 Å². The van der Waals surface area contributed by atoms with E-state index in [1.165, 1.54) is 17.9 Å². The molecule has 2 aliphatic rings. The molecule has 0 spiro atoms. The van der Waals surface area contributed by atoms with Gasteiger partial charge in [0, 0.05) is 58.6 Å². The van der Waals surface area contributed by atoms with Gasteiger partial charge in [-0.05, 0) is 19.1 Å². The largest absolute Gasteiger partial charge is 0.468 e. The first kappa shape index (κ1) is 23.4. The van der Waals surface area contributed by atoms with Gasteiger partial charge in [-0.2, -0.15) is 5.10 Å². The first-order valence-electron chi connectivity index (χ1n) is 11.1. The lowest BCUT2D eigenvalue weighted by Gasteiger charge is -2.41. The molecular weight excluding hydrogens is 436 g/mol. The first-order valence-corrected chi connectivity index (χ1v) is 11.1. The Morgan fingerprint density at radius 1 is 1.24 bits per heavy atom. The van der Waals surface area contributed by atoms with Crippen molar-refractivity contribution >= 4 is 11.9 Å². The van der Waals surface area contributed by atoms with E-state index in [1.807, 2.05) is 12.1 Å². The van der Waals surface area contributed by atoms with E-state index in [2.05, 4.69) is 14.9 Å². The summed E-state index contributed by atoms with van der Waals surface area (Å²) in [5.74, 6) is -0.220. The molecule has 1 amide bonds. The lowest BCUT2D eigenvalue weighted by atomic mass is 10.1. The van der Waals surface area contributed by atoms with E-state index >= 15 is 0 Å². The summed E-state index contributed by atoms with van der Waals surface area (Å²) >= 11 is 0. The summed E-state index contributed by atoms with van der Waals surface area (Å²) in [6.07, 6.45) is 0.139. The Labute approximate surface area is 190 Å². The Balaban J connectivity index is 1.52. The minimum atomic E-state index is -2.82. The SMILES string of the molecule is CCOC(=O)[C@H]1CN(Cc2ccco2)C[C@H]2CN(C(=O)c3cn(C)nc3C(F)F)CCN2C1. The molecule has 2 saturated heterocycles. The van der Waals surface area contributed by atoms with Crippen molar-refractivity contribution in [2.45, 2.75) is 25.9 Å². The Morgan fingerprint density at radius 2 is 2.06 bits per heavy atom. The summed E-state index contributed by atoms with van der Waals surface area (Å²) in [6.45, 7) is 5.58. The van der Waals surface area contributed by atoms with Crippen LogP contribution in [0.1, 0.15) is 35.2 Å². The van der Waals surface area contributed by atoms with E-state index in [-0.39, 0.29) is 23.5 Å². The highest BCUT2D eigenvalue weighted by Crippen LogP contribution is 2.25. The third kappa shape index (κ3) is 5.25. The number of fused-ring (bicyclic) bond motifs is 1. The molecule has 0 aromatic carbocycles. The normalized spacial score (nSPS) is 22.3. The van der Waals surface area contributed by atoms with Gasteiger partial charge in [0.05, 0.1) is 30.9 Å². The lowest BCUT2D eigenvalue weighted by molar-refractivity contribution is -0.149. The molecule has 4 heterocycles. The van der Waals surface area contributed by atoms with Gasteiger partial charge >= 0.3 is 5.97 Å². The van der Waals surface area contributed by atoms with Gasteiger partial charge in [0.15, 0.2) is 0 Å². The number of halogens is 2. The zero-order chi connectivity index (χ0) is 23.5. The molecule has 180 valence electrons. The van der Waals surface area contributed by atoms with Crippen molar-refractivity contribution in [2.75, 3.05) is 45.9 Å². The maximum atomic E-state index is 13.4. The Hall–Kier alpha value is -2.79. The minimum Gasteiger partial charge on any atom is -0.468 e. The summed E-state index contributed by atoms with van der Waals surface area (Å²) in [6, 6.07) is 3.65. The van der Waals surface area contributed by atoms with Gasteiger partial charge in [0.25, 0.3) is 12.3 Å². The fourth-order valence-corrected chi connectivity index (χ4v) is 4.68. The maximum absolute atomic E-state index is 13.4. The summed E-state index contributed by atoms with van der Waals surface area (Å²) in [5, 5.41) is 3.76. The van der Waals surface area contributed by atoms with Crippen molar-refractivity contribution in [1.82, 2.24) is 24.5 Å². The Kier molecular flexibility index (Phi) is 7.08. The van der Waals surface area contributed by atoms with Crippen LogP contribution in [0.2, 0.25) is 0 Å². The highest BCUT2D eigenvalue weighted by molar-refractivity contribution is 5.95. The molecule has 11 heteroatoms. The minimum absolute atomic E-state index is 0.0521. The van der Waals surface area contributed by atoms with E-state index < -0.39 is 18.0 Å². The third-order valence-corrected chi connectivity index (χ3v) is 6.17. The van der Waals surface area contributed by atoms with Crippen LogP contribution in [0.25, 0.3) is 0 Å². The van der Waals surface area contributed by atoms with Gasteiger partial charge in [-0.25, -0.2) is 8.78 Å². The quantitative estimate of drug-likeness (QED) is 0.602. The van der Waals surface area contributed by atoms with Gasteiger partial charge in [-0.1, -0.05) is 0 Å². The molecule has 0 saturated carbocycles. The molecule has 4 rings (SSSR count). The van der Waals surface area contributed by atoms with Crippen LogP contribution >= 0.6 is 0 Å². The van der Waals surface area contributed by atoms with E-state index in [9.17, 15) is 18.4 Å². The van der Waals surface area contributed by atoms with E-state index in [0.29, 0.717) is 52.4 Å². The number of aryl methyl sites for hydroxylation is 1. The molecular formula is C22H29F2N5O4. The highest BCUT2D eigenvalue weighted by atomic mass is 19.3. The predicted molar refractivity (Wildman–Crippen MR) is 114 cm³/mol. The summed E-state index contributed by atoms with van der Waals surface area (Å²) < 4.78 is 38.8. The number of alkyl halides is 2. The molecule has 0 radical (unpaired) electrons. The molecule has 2 atom stereocenters. The number of carbonyl (C=O) groups excluding carboxylic acids is 2. The third-order valence-electron chi connectivity index (χ3n) is 6.17. The fraction of sp³-hybridized carbons (Fsp3) is 0.591. The Morgan fingerprint density at radius 3 is 2.76 bits per heavy atom. The second-order valence-corrected chi connectivity index (χ2v) is 8.52. The van der Waals surface area contributed by atoms with Crippen molar-refractivity contribution in [3.05, 3.63) is 41.6 Å². The number of ether oxygens (including phenoxy) is 1. The molecule has 33 heavy (non-hydrogen) atoms. The van der Waals surface area contributed by atoms with Crippen LogP contribution < -0.4 is 0 Å². The number of carbonyl (C=O) groups is 2. The molecule has 9 nitrogen and oxygen atoms in total. The second-order valence-electron chi connectivity index (χ2n) is 8.52. The number of hydrogen-bond acceptors (Lipinski definition) is 7. The highest BCUT2D eigenvalue weighted by Gasteiger charge is 2.39. The van der Waals surface area contributed by atoms with E-state index in [0.717, 1.165) is 5.76 Å². The molecule has 2 aliphatic heterocycles. The van der Waals surface area contributed by atoms with E-state index in [4.69, 9.17) is 9.15 Å². The van der Waals surface area contributed by atoms with Gasteiger partial charge in [-0.3, -0.25) is 24.1 Å². The first-order chi connectivity index (χ1) is 15.9. The summed E-state index contributed by atoms with van der Waals surface area (Å²) in [4.78, 5) is 31.6. The molecule has 0 N–H and O–H groups in total. The summed E-state index contributed by atoms with van der Waals surface area (Å²) in [7, 11) is 1.52. The summed E-state index contributed by atoms with van der Waals surface area (Å²) in [5.41, 5.74) is -0.556. The number of hydrogen-bond donors (Lipinski definition) is 0. The van der Waals surface area contributed by atoms with Gasteiger partial charge in [0.1, 0.15) is 11.5 Å². The van der Waals surface area contributed by atoms with Crippen molar-refractivity contribution in [3.8, 4) is 0 Å². The average Bonchev–Trinajstić information content (AvgIpc) is 3.39. The number of rotatable bonds is 6. The predicted octanol–water partition coefficient (Wildman–Crippen LogP) is 1.77.